The molecule has 1 aromatic heterocycles. The minimum atomic E-state index is -3.91. The van der Waals surface area contributed by atoms with Crippen LogP contribution in [0.2, 0.25) is 0 Å². The van der Waals surface area contributed by atoms with Crippen molar-refractivity contribution in [2.45, 2.75) is 13.3 Å². The fourth-order valence-electron chi connectivity index (χ4n) is 2.98. The molecule has 9 nitrogen and oxygen atoms in total. The zero-order valence-electron chi connectivity index (χ0n) is 16.9. The van der Waals surface area contributed by atoms with E-state index in [-0.39, 0.29) is 34.6 Å². The minimum Gasteiger partial charge on any atom is -0.422 e. The number of rotatable bonds is 6. The van der Waals surface area contributed by atoms with Crippen molar-refractivity contribution < 1.29 is 26.8 Å². The first-order chi connectivity index (χ1) is 14.6. The van der Waals surface area contributed by atoms with Gasteiger partial charge in [0, 0.05) is 37.5 Å². The van der Waals surface area contributed by atoms with E-state index >= 15 is 0 Å². The first kappa shape index (κ1) is 22.2. The summed E-state index contributed by atoms with van der Waals surface area (Å²) in [5.41, 5.74) is 0.195. The largest absolute Gasteiger partial charge is 0.422 e. The molecule has 3 rings (SSSR count). The molecular weight excluding hydrogens is 429 g/mol. The molecule has 0 bridgehead atoms. The molecule has 3 aromatic rings. The van der Waals surface area contributed by atoms with E-state index in [1.807, 2.05) is 4.72 Å². The number of aryl methyl sites for hydroxylation is 1. The average molecular weight is 449 g/mol. The van der Waals surface area contributed by atoms with Crippen LogP contribution in [0.3, 0.4) is 0 Å². The van der Waals surface area contributed by atoms with Crippen molar-refractivity contribution >= 4 is 33.0 Å². The minimum absolute atomic E-state index is 0.110. The third-order valence-electron chi connectivity index (χ3n) is 4.63. The van der Waals surface area contributed by atoms with Gasteiger partial charge in [-0.05, 0) is 36.2 Å². The molecule has 0 atom stereocenters. The molecule has 0 fully saturated rings. The molecule has 11 heteroatoms. The Morgan fingerprint density at radius 1 is 1.19 bits per heavy atom. The van der Waals surface area contributed by atoms with Gasteiger partial charge in [0.15, 0.2) is 5.82 Å². The highest BCUT2D eigenvalue weighted by molar-refractivity contribution is 7.90. The van der Waals surface area contributed by atoms with Crippen molar-refractivity contribution in [3.63, 3.8) is 0 Å². The summed E-state index contributed by atoms with van der Waals surface area (Å²) in [6.07, 6.45) is -0.777. The second kappa shape index (κ2) is 8.74. The van der Waals surface area contributed by atoms with Gasteiger partial charge in [0.1, 0.15) is 11.3 Å². The maximum Gasteiger partial charge on any atom is 0.412 e. The second-order valence-electron chi connectivity index (χ2n) is 6.56. The number of anilines is 1. The maximum atomic E-state index is 14.9. The zero-order chi connectivity index (χ0) is 22.8. The lowest BCUT2D eigenvalue weighted by atomic mass is 9.99. The molecule has 0 aliphatic rings. The van der Waals surface area contributed by atoms with Crippen molar-refractivity contribution in [3.05, 3.63) is 69.3 Å². The van der Waals surface area contributed by atoms with Crippen LogP contribution in [-0.4, -0.2) is 28.6 Å². The monoisotopic (exact) mass is 449 g/mol. The number of amides is 1. The number of hydrogen-bond donors (Lipinski definition) is 3. The summed E-state index contributed by atoms with van der Waals surface area (Å²) < 4.78 is 52.7. The topological polar surface area (TPSA) is 127 Å². The summed E-state index contributed by atoms with van der Waals surface area (Å²) in [5, 5.41) is 2.90. The van der Waals surface area contributed by atoms with Gasteiger partial charge in [-0.25, -0.2) is 18.7 Å². The number of ether oxygens (including phenoxy) is 1. The molecule has 0 saturated heterocycles. The smallest absolute Gasteiger partial charge is 0.412 e. The van der Waals surface area contributed by atoms with E-state index in [0.29, 0.717) is 10.9 Å². The Morgan fingerprint density at radius 3 is 2.61 bits per heavy atom. The summed E-state index contributed by atoms with van der Waals surface area (Å²) >= 11 is 0. The van der Waals surface area contributed by atoms with Crippen molar-refractivity contribution in [3.8, 4) is 5.75 Å². The molecule has 0 radical (unpaired) electrons. The molecule has 0 aliphatic carbocycles. The Morgan fingerprint density at radius 2 is 1.94 bits per heavy atom. The fourth-order valence-corrected chi connectivity index (χ4v) is 3.53. The van der Waals surface area contributed by atoms with Crippen molar-refractivity contribution in [2.24, 2.45) is 0 Å². The summed E-state index contributed by atoms with van der Waals surface area (Å²) in [7, 11) is -1.30. The molecule has 0 spiro atoms. The zero-order valence-corrected chi connectivity index (χ0v) is 17.7. The summed E-state index contributed by atoms with van der Waals surface area (Å²) in [4.78, 5) is 24.0. The van der Waals surface area contributed by atoms with E-state index in [0.717, 1.165) is 0 Å². The summed E-state index contributed by atoms with van der Waals surface area (Å²) in [6.45, 7) is 1.69. The van der Waals surface area contributed by atoms with E-state index in [2.05, 4.69) is 10.0 Å². The number of fused-ring (bicyclic) bond motifs is 1. The van der Waals surface area contributed by atoms with Crippen LogP contribution in [0.15, 0.2) is 45.6 Å². The van der Waals surface area contributed by atoms with Gasteiger partial charge >= 0.3 is 11.7 Å². The van der Waals surface area contributed by atoms with Crippen LogP contribution in [0, 0.1) is 12.7 Å². The summed E-state index contributed by atoms with van der Waals surface area (Å²) in [5.74, 6) is -0.604. The highest BCUT2D eigenvalue weighted by atomic mass is 32.2. The Bertz CT molecular complexity index is 1320. The third-order valence-corrected chi connectivity index (χ3v) is 5.66. The highest BCUT2D eigenvalue weighted by Crippen LogP contribution is 2.27. The van der Waals surface area contributed by atoms with Crippen molar-refractivity contribution in [2.75, 3.05) is 18.8 Å². The van der Waals surface area contributed by atoms with E-state index in [9.17, 15) is 22.4 Å². The van der Waals surface area contributed by atoms with Crippen LogP contribution in [0.1, 0.15) is 16.7 Å². The van der Waals surface area contributed by atoms with Crippen LogP contribution in [0.5, 0.6) is 5.75 Å². The average Bonchev–Trinajstić information content (AvgIpc) is 2.73. The standard InChI is InChI=1S/C20H20FN3O6S/c1-11-14-8-7-13(29-20(26)22-2)10-17(14)30-19(25)15(11)9-12-5-4-6-16(18(12)21)24-31(27,28)23-3/h4-8,10,23-24H,9H2,1-3H3,(H,22,26). The molecule has 0 unspecified atom stereocenters. The lowest BCUT2D eigenvalue weighted by Crippen LogP contribution is -2.27. The van der Waals surface area contributed by atoms with Gasteiger partial charge < -0.3 is 14.5 Å². The van der Waals surface area contributed by atoms with Crippen LogP contribution in [0.4, 0.5) is 14.9 Å². The lowest BCUT2D eigenvalue weighted by Gasteiger charge is -2.12. The number of halogens is 1. The molecular formula is C20H20FN3O6S. The van der Waals surface area contributed by atoms with Gasteiger partial charge in [-0.2, -0.15) is 8.42 Å². The Labute approximate surface area is 177 Å². The molecule has 1 amide bonds. The lowest BCUT2D eigenvalue weighted by molar-refractivity contribution is 0.203. The normalized spacial score (nSPS) is 11.4. The highest BCUT2D eigenvalue weighted by Gasteiger charge is 2.18. The molecule has 0 saturated carbocycles. The maximum absolute atomic E-state index is 14.9. The van der Waals surface area contributed by atoms with Crippen LogP contribution < -0.4 is 25.1 Å². The Balaban J connectivity index is 2.00. The van der Waals surface area contributed by atoms with E-state index < -0.39 is 27.7 Å². The van der Waals surface area contributed by atoms with Crippen molar-refractivity contribution in [1.29, 1.82) is 0 Å². The first-order valence-corrected chi connectivity index (χ1v) is 10.6. The van der Waals surface area contributed by atoms with Gasteiger partial charge in [-0.15, -0.1) is 0 Å². The number of nitrogens with one attached hydrogen (secondary N) is 3. The fraction of sp³-hybridized carbons (Fsp3) is 0.200. The molecule has 3 N–H and O–H groups in total. The van der Waals surface area contributed by atoms with Gasteiger partial charge in [-0.3, -0.25) is 4.72 Å². The van der Waals surface area contributed by atoms with E-state index in [1.54, 1.807) is 19.1 Å². The molecule has 0 aliphatic heterocycles. The van der Waals surface area contributed by atoms with Gasteiger partial charge in [0.2, 0.25) is 0 Å². The first-order valence-electron chi connectivity index (χ1n) is 9.09. The predicted molar refractivity (Wildman–Crippen MR) is 113 cm³/mol. The number of benzene rings is 2. The second-order valence-corrected chi connectivity index (χ2v) is 8.17. The summed E-state index contributed by atoms with van der Waals surface area (Å²) in [6, 6.07) is 8.79. The van der Waals surface area contributed by atoms with E-state index in [4.69, 9.17) is 9.15 Å². The van der Waals surface area contributed by atoms with Crippen LogP contribution in [-0.2, 0) is 16.6 Å². The van der Waals surface area contributed by atoms with Gasteiger partial charge in [0.25, 0.3) is 10.2 Å². The number of carbonyl (C=O) groups excluding carboxylic acids is 1. The molecule has 2 aromatic carbocycles. The van der Waals surface area contributed by atoms with Gasteiger partial charge in [-0.1, -0.05) is 12.1 Å². The molecule has 1 heterocycles. The van der Waals surface area contributed by atoms with Crippen LogP contribution in [0.25, 0.3) is 11.0 Å². The molecule has 164 valence electrons. The number of hydrogen-bond acceptors (Lipinski definition) is 6. The van der Waals surface area contributed by atoms with Crippen molar-refractivity contribution in [1.82, 2.24) is 10.0 Å². The van der Waals surface area contributed by atoms with E-state index in [1.165, 1.54) is 38.4 Å². The quantitative estimate of drug-likeness (QED) is 0.496. The van der Waals surface area contributed by atoms with Crippen LogP contribution >= 0.6 is 0 Å². The Hall–Kier alpha value is -3.44. The third kappa shape index (κ3) is 4.84. The predicted octanol–water partition coefficient (Wildman–Crippen LogP) is 2.43. The Kier molecular flexibility index (Phi) is 6.27. The molecule has 31 heavy (non-hydrogen) atoms. The number of carbonyl (C=O) groups is 1. The SMILES string of the molecule is CNC(=O)Oc1ccc2c(C)c(Cc3cccc(NS(=O)(=O)NC)c3F)c(=O)oc2c1. The van der Waals surface area contributed by atoms with Gasteiger partial charge in [0.05, 0.1) is 5.69 Å².